The second-order valence-electron chi connectivity index (χ2n) is 7.08. The number of ether oxygens (including phenoxy) is 1. The predicted molar refractivity (Wildman–Crippen MR) is 111 cm³/mol. The Labute approximate surface area is 170 Å². The number of carbonyl (C=O) groups is 1. The highest BCUT2D eigenvalue weighted by atomic mass is 32.2. The van der Waals surface area contributed by atoms with E-state index in [-0.39, 0.29) is 23.0 Å². The maximum atomic E-state index is 12.8. The molecule has 1 aromatic heterocycles. The molecule has 0 unspecified atom stereocenters. The van der Waals surface area contributed by atoms with Crippen LogP contribution >= 0.6 is 11.3 Å². The van der Waals surface area contributed by atoms with Gasteiger partial charge in [-0.15, -0.1) is 11.3 Å². The van der Waals surface area contributed by atoms with E-state index >= 15 is 0 Å². The zero-order chi connectivity index (χ0) is 20.1. The number of nitrogens with one attached hydrogen (secondary N) is 1. The van der Waals surface area contributed by atoms with Crippen LogP contribution in [0.25, 0.3) is 0 Å². The van der Waals surface area contributed by atoms with Gasteiger partial charge in [-0.25, -0.2) is 8.42 Å². The zero-order valence-corrected chi connectivity index (χ0v) is 17.8. The second-order valence-corrected chi connectivity index (χ2v) is 10.1. The van der Waals surface area contributed by atoms with E-state index in [0.29, 0.717) is 25.2 Å². The Morgan fingerprint density at radius 1 is 1.18 bits per heavy atom. The first kappa shape index (κ1) is 21.0. The summed E-state index contributed by atoms with van der Waals surface area (Å²) in [4.78, 5) is 13.6. The van der Waals surface area contributed by atoms with Crippen molar-refractivity contribution in [1.29, 1.82) is 0 Å². The van der Waals surface area contributed by atoms with E-state index in [1.807, 2.05) is 25.3 Å². The van der Waals surface area contributed by atoms with Crippen LogP contribution in [0.3, 0.4) is 0 Å². The SMILES string of the molecule is C[C@H]1CN(S(=O)(=O)c2ccc(NC(=O)CCCc3cccs3)cc2)C[C@H](C)O1. The van der Waals surface area contributed by atoms with E-state index in [1.54, 1.807) is 35.6 Å². The molecule has 2 atom stereocenters. The molecule has 3 rings (SSSR count). The van der Waals surface area contributed by atoms with E-state index in [0.717, 1.165) is 12.8 Å². The molecule has 1 saturated heterocycles. The number of amides is 1. The van der Waals surface area contributed by atoms with Crippen LogP contribution in [0, 0.1) is 0 Å². The number of aryl methyl sites for hydroxylation is 1. The molecule has 1 aliphatic heterocycles. The van der Waals surface area contributed by atoms with Gasteiger partial charge in [-0.1, -0.05) is 6.07 Å². The predicted octanol–water partition coefficient (Wildman–Crippen LogP) is 3.51. The monoisotopic (exact) mass is 422 g/mol. The quantitative estimate of drug-likeness (QED) is 0.741. The van der Waals surface area contributed by atoms with Crippen molar-refractivity contribution in [2.45, 2.75) is 50.2 Å². The second kappa shape index (κ2) is 9.17. The van der Waals surface area contributed by atoms with Gasteiger partial charge in [-0.3, -0.25) is 4.79 Å². The molecule has 152 valence electrons. The fourth-order valence-electron chi connectivity index (χ4n) is 3.29. The van der Waals surface area contributed by atoms with Crippen molar-refractivity contribution in [2.75, 3.05) is 18.4 Å². The topological polar surface area (TPSA) is 75.7 Å². The third kappa shape index (κ3) is 5.41. The molecule has 1 N–H and O–H groups in total. The number of nitrogens with zero attached hydrogens (tertiary/aromatic N) is 1. The molecule has 1 aliphatic rings. The first-order chi connectivity index (χ1) is 13.3. The summed E-state index contributed by atoms with van der Waals surface area (Å²) in [6.07, 6.45) is 1.84. The average Bonchev–Trinajstić information content (AvgIpc) is 3.15. The summed E-state index contributed by atoms with van der Waals surface area (Å²) in [6, 6.07) is 10.4. The van der Waals surface area contributed by atoms with Crippen LogP contribution in [-0.2, 0) is 26.0 Å². The molecule has 1 aromatic carbocycles. The van der Waals surface area contributed by atoms with Gasteiger partial charge in [0.05, 0.1) is 17.1 Å². The molecule has 0 spiro atoms. The summed E-state index contributed by atoms with van der Waals surface area (Å²) in [5.74, 6) is -0.0667. The Balaban J connectivity index is 1.55. The van der Waals surface area contributed by atoms with Crippen molar-refractivity contribution in [3.63, 3.8) is 0 Å². The van der Waals surface area contributed by atoms with E-state index in [4.69, 9.17) is 4.74 Å². The van der Waals surface area contributed by atoms with Crippen LogP contribution in [0.4, 0.5) is 5.69 Å². The average molecular weight is 423 g/mol. The molecule has 0 saturated carbocycles. The molecule has 28 heavy (non-hydrogen) atoms. The van der Waals surface area contributed by atoms with Crippen LogP contribution in [0.5, 0.6) is 0 Å². The Bertz CT molecular complexity index is 869. The minimum atomic E-state index is -3.57. The van der Waals surface area contributed by atoms with Crippen molar-refractivity contribution >= 4 is 33.0 Å². The minimum Gasteiger partial charge on any atom is -0.373 e. The van der Waals surface area contributed by atoms with Crippen LogP contribution in [0.2, 0.25) is 0 Å². The van der Waals surface area contributed by atoms with Crippen molar-refractivity contribution < 1.29 is 17.9 Å². The molecule has 0 aliphatic carbocycles. The van der Waals surface area contributed by atoms with Gasteiger partial charge in [0.2, 0.25) is 15.9 Å². The molecule has 6 nitrogen and oxygen atoms in total. The number of carbonyl (C=O) groups excluding carboxylic acids is 1. The summed E-state index contributed by atoms with van der Waals surface area (Å²) in [7, 11) is -3.57. The highest BCUT2D eigenvalue weighted by Gasteiger charge is 2.32. The summed E-state index contributed by atoms with van der Waals surface area (Å²) in [6.45, 7) is 4.43. The van der Waals surface area contributed by atoms with Gasteiger partial charge in [0.15, 0.2) is 0 Å². The Hall–Kier alpha value is -1.74. The zero-order valence-electron chi connectivity index (χ0n) is 16.1. The highest BCUT2D eigenvalue weighted by Crippen LogP contribution is 2.22. The van der Waals surface area contributed by atoms with Gasteiger partial charge < -0.3 is 10.1 Å². The first-order valence-electron chi connectivity index (χ1n) is 9.42. The molecule has 1 amide bonds. The van der Waals surface area contributed by atoms with Crippen molar-refractivity contribution in [3.05, 3.63) is 46.7 Å². The number of thiophene rings is 1. The van der Waals surface area contributed by atoms with Crippen LogP contribution in [0.1, 0.15) is 31.6 Å². The Morgan fingerprint density at radius 3 is 2.46 bits per heavy atom. The fraction of sp³-hybridized carbons (Fsp3) is 0.450. The van der Waals surface area contributed by atoms with Gasteiger partial charge in [0.25, 0.3) is 0 Å². The standard InChI is InChI=1S/C20H26N2O4S2/c1-15-13-22(14-16(2)26-15)28(24,25)19-10-8-17(9-11-19)21-20(23)7-3-5-18-6-4-12-27-18/h4,6,8-12,15-16H,3,5,7,13-14H2,1-2H3,(H,21,23)/t15-,16-/m0/s1. The van der Waals surface area contributed by atoms with E-state index in [2.05, 4.69) is 11.4 Å². The van der Waals surface area contributed by atoms with E-state index in [1.165, 1.54) is 9.18 Å². The number of anilines is 1. The fourth-order valence-corrected chi connectivity index (χ4v) is 5.63. The molecule has 0 radical (unpaired) electrons. The smallest absolute Gasteiger partial charge is 0.243 e. The van der Waals surface area contributed by atoms with Gasteiger partial charge >= 0.3 is 0 Å². The molecule has 2 heterocycles. The lowest BCUT2D eigenvalue weighted by Crippen LogP contribution is -2.48. The Morgan fingerprint density at radius 2 is 1.86 bits per heavy atom. The van der Waals surface area contributed by atoms with Crippen molar-refractivity contribution in [2.24, 2.45) is 0 Å². The Kier molecular flexibility index (Phi) is 6.87. The molecule has 2 aromatic rings. The molecule has 1 fully saturated rings. The number of hydrogen-bond acceptors (Lipinski definition) is 5. The third-order valence-corrected chi connectivity index (χ3v) is 7.35. The third-order valence-electron chi connectivity index (χ3n) is 4.57. The van der Waals surface area contributed by atoms with Gasteiger partial charge in [-0.2, -0.15) is 4.31 Å². The lowest BCUT2D eigenvalue weighted by Gasteiger charge is -2.34. The van der Waals surface area contributed by atoms with Gasteiger partial charge in [0, 0.05) is 30.1 Å². The summed E-state index contributed by atoms with van der Waals surface area (Å²) >= 11 is 1.69. The number of benzene rings is 1. The summed E-state index contributed by atoms with van der Waals surface area (Å²) < 4.78 is 32.8. The summed E-state index contributed by atoms with van der Waals surface area (Å²) in [5.41, 5.74) is 0.601. The number of sulfonamides is 1. The highest BCUT2D eigenvalue weighted by molar-refractivity contribution is 7.89. The number of hydrogen-bond donors (Lipinski definition) is 1. The van der Waals surface area contributed by atoms with Gasteiger partial charge in [0.1, 0.15) is 0 Å². The van der Waals surface area contributed by atoms with E-state index in [9.17, 15) is 13.2 Å². The maximum absolute atomic E-state index is 12.8. The first-order valence-corrected chi connectivity index (χ1v) is 11.7. The van der Waals surface area contributed by atoms with Crippen LogP contribution in [-0.4, -0.2) is 43.9 Å². The van der Waals surface area contributed by atoms with Crippen LogP contribution < -0.4 is 5.32 Å². The number of rotatable bonds is 7. The van der Waals surface area contributed by atoms with Crippen molar-refractivity contribution in [1.82, 2.24) is 4.31 Å². The largest absolute Gasteiger partial charge is 0.373 e. The maximum Gasteiger partial charge on any atom is 0.243 e. The van der Waals surface area contributed by atoms with Crippen molar-refractivity contribution in [3.8, 4) is 0 Å². The normalized spacial score (nSPS) is 20.8. The lowest BCUT2D eigenvalue weighted by molar-refractivity contribution is -0.116. The van der Waals surface area contributed by atoms with Gasteiger partial charge in [-0.05, 0) is 62.4 Å². The van der Waals surface area contributed by atoms with Crippen LogP contribution in [0.15, 0.2) is 46.7 Å². The molecular formula is C20H26N2O4S2. The lowest BCUT2D eigenvalue weighted by atomic mass is 10.2. The number of morpholine rings is 1. The summed E-state index contributed by atoms with van der Waals surface area (Å²) in [5, 5.41) is 4.86. The minimum absolute atomic E-state index is 0.0667. The molecule has 0 bridgehead atoms. The molecule has 8 heteroatoms. The van der Waals surface area contributed by atoms with E-state index < -0.39 is 10.0 Å². The molecular weight excluding hydrogens is 396 g/mol.